The Kier molecular flexibility index (Phi) is 5.20. The fourth-order valence-corrected chi connectivity index (χ4v) is 5.09. The number of benzene rings is 1. The lowest BCUT2D eigenvalue weighted by atomic mass is 10.1. The van der Waals surface area contributed by atoms with E-state index in [1.165, 1.54) is 14.6 Å². The standard InChI is InChI=1S/C20H23N3O3S/c24-17(6-3-11-23-18(25)9-10-19(23)26)21-14-8-7-13(12-14)20-22-15-4-1-2-5-16(15)27-20/h1-2,4-5,13-14H,3,6-12H2,(H,21,24)/t13-,14+/m0/s1. The molecule has 2 aromatic rings. The van der Waals surface area contributed by atoms with Gasteiger partial charge in [0.1, 0.15) is 0 Å². The number of imide groups is 1. The van der Waals surface area contributed by atoms with E-state index in [-0.39, 0.29) is 23.8 Å². The zero-order valence-corrected chi connectivity index (χ0v) is 16.0. The number of thiazole rings is 1. The molecule has 1 aromatic heterocycles. The molecule has 1 aromatic carbocycles. The highest BCUT2D eigenvalue weighted by atomic mass is 32.1. The molecule has 3 amide bonds. The Morgan fingerprint density at radius 1 is 1.19 bits per heavy atom. The predicted molar refractivity (Wildman–Crippen MR) is 103 cm³/mol. The van der Waals surface area contributed by atoms with Crippen LogP contribution < -0.4 is 5.32 Å². The molecule has 0 bridgehead atoms. The number of aromatic nitrogens is 1. The summed E-state index contributed by atoms with van der Waals surface area (Å²) in [5.41, 5.74) is 1.05. The van der Waals surface area contributed by atoms with Crippen molar-refractivity contribution in [1.82, 2.24) is 15.2 Å². The molecular formula is C20H23N3O3S. The summed E-state index contributed by atoms with van der Waals surface area (Å²) in [6.45, 7) is 0.351. The highest BCUT2D eigenvalue weighted by Crippen LogP contribution is 2.38. The Morgan fingerprint density at radius 3 is 2.74 bits per heavy atom. The zero-order chi connectivity index (χ0) is 18.8. The van der Waals surface area contributed by atoms with Gasteiger partial charge in [-0.25, -0.2) is 4.98 Å². The third-order valence-electron chi connectivity index (χ3n) is 5.40. The highest BCUT2D eigenvalue weighted by Gasteiger charge is 2.30. The largest absolute Gasteiger partial charge is 0.353 e. The van der Waals surface area contributed by atoms with E-state index < -0.39 is 0 Å². The second-order valence-corrected chi connectivity index (χ2v) is 8.40. The summed E-state index contributed by atoms with van der Waals surface area (Å²) in [5, 5.41) is 4.28. The Bertz CT molecular complexity index is 829. The van der Waals surface area contributed by atoms with Gasteiger partial charge in [-0.15, -0.1) is 11.3 Å². The molecule has 1 N–H and O–H groups in total. The third-order valence-corrected chi connectivity index (χ3v) is 6.60. The van der Waals surface area contributed by atoms with Crippen molar-refractivity contribution >= 4 is 39.3 Å². The molecule has 7 heteroatoms. The predicted octanol–water partition coefficient (Wildman–Crippen LogP) is 2.98. The summed E-state index contributed by atoms with van der Waals surface area (Å²) in [6.07, 6.45) is 4.42. The van der Waals surface area contributed by atoms with E-state index in [4.69, 9.17) is 4.98 Å². The molecule has 2 aliphatic rings. The molecule has 1 aliphatic heterocycles. The number of hydrogen-bond donors (Lipinski definition) is 1. The summed E-state index contributed by atoms with van der Waals surface area (Å²) < 4.78 is 1.21. The lowest BCUT2D eigenvalue weighted by molar-refractivity contribution is -0.138. The highest BCUT2D eigenvalue weighted by molar-refractivity contribution is 7.18. The lowest BCUT2D eigenvalue weighted by Crippen LogP contribution is -2.34. The molecule has 0 radical (unpaired) electrons. The molecule has 2 heterocycles. The number of likely N-dealkylation sites (tertiary alicyclic amines) is 1. The van der Waals surface area contributed by atoms with E-state index in [1.54, 1.807) is 11.3 Å². The smallest absolute Gasteiger partial charge is 0.229 e. The quantitative estimate of drug-likeness (QED) is 0.776. The van der Waals surface area contributed by atoms with Crippen LogP contribution in [0.15, 0.2) is 24.3 Å². The molecule has 2 fully saturated rings. The van der Waals surface area contributed by atoms with E-state index in [0.29, 0.717) is 38.1 Å². The van der Waals surface area contributed by atoms with Gasteiger partial charge in [0.15, 0.2) is 0 Å². The number of para-hydroxylation sites is 1. The van der Waals surface area contributed by atoms with Crippen molar-refractivity contribution in [3.05, 3.63) is 29.3 Å². The maximum absolute atomic E-state index is 12.2. The molecule has 27 heavy (non-hydrogen) atoms. The van der Waals surface area contributed by atoms with Crippen LogP contribution in [0.5, 0.6) is 0 Å². The van der Waals surface area contributed by atoms with Crippen LogP contribution in [0.25, 0.3) is 10.2 Å². The van der Waals surface area contributed by atoms with Crippen molar-refractivity contribution in [3.8, 4) is 0 Å². The number of nitrogens with one attached hydrogen (secondary N) is 1. The molecule has 4 rings (SSSR count). The van der Waals surface area contributed by atoms with Crippen LogP contribution in [-0.2, 0) is 14.4 Å². The number of amides is 3. The van der Waals surface area contributed by atoms with Crippen LogP contribution in [0.2, 0.25) is 0 Å². The summed E-state index contributed by atoms with van der Waals surface area (Å²) in [5.74, 6) is 0.182. The Morgan fingerprint density at radius 2 is 1.96 bits per heavy atom. The van der Waals surface area contributed by atoms with Gasteiger partial charge in [0.2, 0.25) is 17.7 Å². The van der Waals surface area contributed by atoms with Crippen molar-refractivity contribution in [2.24, 2.45) is 0 Å². The van der Waals surface area contributed by atoms with Gasteiger partial charge in [0.05, 0.1) is 15.2 Å². The van der Waals surface area contributed by atoms with E-state index in [9.17, 15) is 14.4 Å². The molecule has 0 unspecified atom stereocenters. The minimum absolute atomic E-state index is 0.00375. The third kappa shape index (κ3) is 4.03. The molecule has 1 aliphatic carbocycles. The number of fused-ring (bicyclic) bond motifs is 1. The summed E-state index contributed by atoms with van der Waals surface area (Å²) >= 11 is 1.75. The normalized spacial score (nSPS) is 22.7. The molecular weight excluding hydrogens is 362 g/mol. The van der Waals surface area contributed by atoms with E-state index in [2.05, 4.69) is 11.4 Å². The summed E-state index contributed by atoms with van der Waals surface area (Å²) in [6, 6.07) is 8.36. The van der Waals surface area contributed by atoms with Gasteiger partial charge in [-0.1, -0.05) is 12.1 Å². The van der Waals surface area contributed by atoms with E-state index in [0.717, 1.165) is 24.8 Å². The average molecular weight is 385 g/mol. The van der Waals surface area contributed by atoms with Gasteiger partial charge in [-0.3, -0.25) is 19.3 Å². The van der Waals surface area contributed by atoms with Crippen LogP contribution >= 0.6 is 11.3 Å². The average Bonchev–Trinajstić information content (AvgIpc) is 3.35. The molecule has 2 atom stereocenters. The second-order valence-electron chi connectivity index (χ2n) is 7.34. The Labute approximate surface area is 161 Å². The minimum atomic E-state index is -0.116. The van der Waals surface area contributed by atoms with Crippen molar-refractivity contribution in [2.45, 2.75) is 56.9 Å². The molecule has 0 spiro atoms. The minimum Gasteiger partial charge on any atom is -0.353 e. The maximum Gasteiger partial charge on any atom is 0.229 e. The van der Waals surface area contributed by atoms with E-state index in [1.807, 2.05) is 18.2 Å². The summed E-state index contributed by atoms with van der Waals surface area (Å²) in [4.78, 5) is 41.4. The van der Waals surface area contributed by atoms with E-state index >= 15 is 0 Å². The maximum atomic E-state index is 12.2. The fraction of sp³-hybridized carbons (Fsp3) is 0.500. The number of carbonyl (C=O) groups excluding carboxylic acids is 3. The van der Waals surface area contributed by atoms with Crippen molar-refractivity contribution in [3.63, 3.8) is 0 Å². The second kappa shape index (κ2) is 7.76. The topological polar surface area (TPSA) is 79.4 Å². The number of hydrogen-bond acceptors (Lipinski definition) is 5. The Balaban J connectivity index is 1.24. The molecule has 1 saturated heterocycles. The summed E-state index contributed by atoms with van der Waals surface area (Å²) in [7, 11) is 0. The first kappa shape index (κ1) is 18.1. The van der Waals surface area contributed by atoms with Crippen molar-refractivity contribution in [2.75, 3.05) is 6.54 Å². The van der Waals surface area contributed by atoms with Crippen LogP contribution in [0.3, 0.4) is 0 Å². The van der Waals surface area contributed by atoms with Crippen molar-refractivity contribution in [1.29, 1.82) is 0 Å². The first-order chi connectivity index (χ1) is 13.1. The van der Waals surface area contributed by atoms with Gasteiger partial charge in [-0.2, -0.15) is 0 Å². The number of nitrogens with zero attached hydrogens (tertiary/aromatic N) is 2. The number of rotatable bonds is 6. The lowest BCUT2D eigenvalue weighted by Gasteiger charge is -2.15. The van der Waals surface area contributed by atoms with Crippen LogP contribution in [0.4, 0.5) is 0 Å². The van der Waals surface area contributed by atoms with Crippen molar-refractivity contribution < 1.29 is 14.4 Å². The number of carbonyl (C=O) groups is 3. The van der Waals surface area contributed by atoms with Crippen LogP contribution in [0, 0.1) is 0 Å². The SMILES string of the molecule is O=C(CCCN1C(=O)CCC1=O)N[C@@H]1CC[C@H](c2nc3ccccc3s2)C1. The van der Waals surface area contributed by atoms with Gasteiger partial charge >= 0.3 is 0 Å². The van der Waals surface area contributed by atoms with Gasteiger partial charge in [0.25, 0.3) is 0 Å². The molecule has 6 nitrogen and oxygen atoms in total. The van der Waals surface area contributed by atoms with Gasteiger partial charge in [-0.05, 0) is 37.8 Å². The van der Waals surface area contributed by atoms with Gasteiger partial charge in [0, 0.05) is 37.8 Å². The first-order valence-electron chi connectivity index (χ1n) is 9.58. The zero-order valence-electron chi connectivity index (χ0n) is 15.1. The molecule has 142 valence electrons. The monoisotopic (exact) mass is 385 g/mol. The van der Waals surface area contributed by atoms with Crippen LogP contribution in [-0.4, -0.2) is 40.2 Å². The van der Waals surface area contributed by atoms with Gasteiger partial charge < -0.3 is 5.32 Å². The first-order valence-corrected chi connectivity index (χ1v) is 10.4. The van der Waals surface area contributed by atoms with Crippen LogP contribution in [0.1, 0.15) is 55.9 Å². The molecule has 1 saturated carbocycles. The Hall–Kier alpha value is -2.28. The fourth-order valence-electron chi connectivity index (χ4n) is 3.97.